The van der Waals surface area contributed by atoms with Crippen LogP contribution in [0.3, 0.4) is 0 Å². The average molecular weight is 413 g/mol. The molecule has 1 aromatic carbocycles. The Morgan fingerprint density at radius 3 is 2.46 bits per heavy atom. The lowest BCUT2D eigenvalue weighted by Gasteiger charge is -2.33. The lowest BCUT2D eigenvalue weighted by atomic mass is 9.99. The highest BCUT2D eigenvalue weighted by atomic mass is 35.5. The summed E-state index contributed by atoms with van der Waals surface area (Å²) in [5, 5.41) is 14.3. The molecule has 2 rings (SSSR count). The highest BCUT2D eigenvalue weighted by Crippen LogP contribution is 2.42. The van der Waals surface area contributed by atoms with E-state index in [0.29, 0.717) is 5.02 Å². The third kappa shape index (κ3) is 3.92. The fourth-order valence-electron chi connectivity index (χ4n) is 2.33. The summed E-state index contributed by atoms with van der Waals surface area (Å²) in [7, 11) is 0. The number of aliphatic hydroxyl groups is 1. The van der Waals surface area contributed by atoms with Crippen LogP contribution in [0.25, 0.3) is 0 Å². The van der Waals surface area contributed by atoms with Crippen molar-refractivity contribution in [3.8, 4) is 5.75 Å². The van der Waals surface area contributed by atoms with Gasteiger partial charge in [-0.05, 0) is 31.0 Å². The molecule has 1 aromatic rings. The van der Waals surface area contributed by atoms with Crippen LogP contribution in [-0.4, -0.2) is 39.7 Å². The van der Waals surface area contributed by atoms with Gasteiger partial charge in [0.15, 0.2) is 6.10 Å². The molecule has 0 aliphatic carbocycles. The second-order valence-electron chi connectivity index (χ2n) is 6.22. The maximum Gasteiger partial charge on any atom is 0.438 e. The minimum absolute atomic E-state index is 0.0524. The number of alkyl halides is 3. The SMILES string of the molecule is CC(C)C1=NN(C(=O)[C@H](C)Oc2ccc(Cl)cc2Cl)[C@](O)(C(F)(F)F)C1. The first-order chi connectivity index (χ1) is 11.9. The number of benzene rings is 1. The van der Waals surface area contributed by atoms with Crippen molar-refractivity contribution < 1.29 is 27.8 Å². The number of nitrogens with zero attached hydrogens (tertiary/aromatic N) is 2. The molecule has 0 saturated carbocycles. The number of carbonyl (C=O) groups excluding carboxylic acids is 1. The van der Waals surface area contributed by atoms with E-state index in [1.54, 1.807) is 13.8 Å². The summed E-state index contributed by atoms with van der Waals surface area (Å²) in [5.74, 6) is -1.45. The zero-order chi connectivity index (χ0) is 19.9. The van der Waals surface area contributed by atoms with Gasteiger partial charge in [0.1, 0.15) is 5.75 Å². The molecular formula is C16H17Cl2F3N2O3. The topological polar surface area (TPSA) is 62.1 Å². The van der Waals surface area contributed by atoms with E-state index in [1.807, 2.05) is 0 Å². The Balaban J connectivity index is 2.29. The van der Waals surface area contributed by atoms with Gasteiger partial charge in [0.25, 0.3) is 11.6 Å². The van der Waals surface area contributed by atoms with Crippen LogP contribution in [0.15, 0.2) is 23.3 Å². The Bertz CT molecular complexity index is 740. The lowest BCUT2D eigenvalue weighted by molar-refractivity contribution is -0.303. The molecule has 0 radical (unpaired) electrons. The number of hydrogen-bond donors (Lipinski definition) is 1. The van der Waals surface area contributed by atoms with Crippen molar-refractivity contribution >= 4 is 34.8 Å². The second kappa shape index (κ2) is 7.25. The van der Waals surface area contributed by atoms with Crippen molar-refractivity contribution in [3.05, 3.63) is 28.2 Å². The van der Waals surface area contributed by atoms with Crippen molar-refractivity contribution in [3.63, 3.8) is 0 Å². The van der Waals surface area contributed by atoms with Crippen LogP contribution in [0.2, 0.25) is 10.0 Å². The van der Waals surface area contributed by atoms with E-state index in [9.17, 15) is 23.1 Å². The quantitative estimate of drug-likeness (QED) is 0.803. The second-order valence-corrected chi connectivity index (χ2v) is 7.07. The van der Waals surface area contributed by atoms with Crippen molar-refractivity contribution in [2.75, 3.05) is 0 Å². The van der Waals surface area contributed by atoms with Gasteiger partial charge in [-0.1, -0.05) is 37.0 Å². The maximum atomic E-state index is 13.4. The summed E-state index contributed by atoms with van der Waals surface area (Å²) < 4.78 is 45.5. The molecule has 1 aliphatic heterocycles. The van der Waals surface area contributed by atoms with Gasteiger partial charge in [0.2, 0.25) is 0 Å². The molecule has 1 N–H and O–H groups in total. The molecule has 0 saturated heterocycles. The maximum absolute atomic E-state index is 13.4. The summed E-state index contributed by atoms with van der Waals surface area (Å²) in [5.41, 5.74) is -3.35. The van der Waals surface area contributed by atoms with Crippen LogP contribution in [0.4, 0.5) is 13.2 Å². The highest BCUT2D eigenvalue weighted by molar-refractivity contribution is 6.35. The van der Waals surface area contributed by atoms with E-state index in [1.165, 1.54) is 25.1 Å². The van der Waals surface area contributed by atoms with Crippen LogP contribution in [0, 0.1) is 5.92 Å². The Morgan fingerprint density at radius 2 is 1.96 bits per heavy atom. The van der Waals surface area contributed by atoms with Gasteiger partial charge in [0.05, 0.1) is 5.02 Å². The monoisotopic (exact) mass is 412 g/mol. The van der Waals surface area contributed by atoms with Gasteiger partial charge < -0.3 is 9.84 Å². The highest BCUT2D eigenvalue weighted by Gasteiger charge is 2.63. The molecule has 26 heavy (non-hydrogen) atoms. The van der Waals surface area contributed by atoms with Crippen LogP contribution in [-0.2, 0) is 4.79 Å². The number of hydrogen-bond acceptors (Lipinski definition) is 4. The van der Waals surface area contributed by atoms with E-state index in [2.05, 4.69) is 5.10 Å². The first kappa shape index (κ1) is 20.8. The Morgan fingerprint density at radius 1 is 1.35 bits per heavy atom. The number of halogens is 5. The van der Waals surface area contributed by atoms with Gasteiger partial charge in [-0.3, -0.25) is 4.79 Å². The molecular weight excluding hydrogens is 396 g/mol. The largest absolute Gasteiger partial charge is 0.479 e. The summed E-state index contributed by atoms with van der Waals surface area (Å²) in [4.78, 5) is 12.5. The number of hydrazone groups is 1. The lowest BCUT2D eigenvalue weighted by Crippen LogP contribution is -2.58. The van der Waals surface area contributed by atoms with Crippen LogP contribution < -0.4 is 4.74 Å². The molecule has 1 heterocycles. The fraction of sp³-hybridized carbons (Fsp3) is 0.500. The number of carbonyl (C=O) groups is 1. The first-order valence-electron chi connectivity index (χ1n) is 7.69. The minimum Gasteiger partial charge on any atom is -0.479 e. The van der Waals surface area contributed by atoms with Gasteiger partial charge in [-0.25, -0.2) is 0 Å². The molecule has 144 valence electrons. The van der Waals surface area contributed by atoms with E-state index in [-0.39, 0.29) is 27.4 Å². The minimum atomic E-state index is -5.08. The van der Waals surface area contributed by atoms with Crippen molar-refractivity contribution in [1.29, 1.82) is 0 Å². The summed E-state index contributed by atoms with van der Waals surface area (Å²) >= 11 is 11.7. The standard InChI is InChI=1S/C16H17Cl2F3N2O3/c1-8(2)12-7-15(25,16(19,20)21)23(22-12)14(24)9(3)26-13-5-4-10(17)6-11(13)18/h4-6,8-9,25H,7H2,1-3H3/t9-,15+/m0/s1. The van der Waals surface area contributed by atoms with Crippen LogP contribution in [0.5, 0.6) is 5.75 Å². The Hall–Kier alpha value is -1.51. The molecule has 10 heteroatoms. The number of amides is 1. The molecule has 5 nitrogen and oxygen atoms in total. The molecule has 1 amide bonds. The van der Waals surface area contributed by atoms with Gasteiger partial charge >= 0.3 is 6.18 Å². The van der Waals surface area contributed by atoms with Crippen molar-refractivity contribution in [2.24, 2.45) is 11.0 Å². The van der Waals surface area contributed by atoms with Crippen molar-refractivity contribution in [1.82, 2.24) is 5.01 Å². The summed E-state index contributed by atoms with van der Waals surface area (Å²) in [6.45, 7) is 4.49. The average Bonchev–Trinajstić information content (AvgIpc) is 2.88. The Labute approximate surface area is 158 Å². The number of ether oxygens (including phenoxy) is 1. The van der Waals surface area contributed by atoms with E-state index in [4.69, 9.17) is 27.9 Å². The van der Waals surface area contributed by atoms with Crippen LogP contribution >= 0.6 is 23.2 Å². The molecule has 0 spiro atoms. The summed E-state index contributed by atoms with van der Waals surface area (Å²) in [6.07, 6.45) is -7.27. The van der Waals surface area contributed by atoms with E-state index in [0.717, 1.165) is 0 Å². The molecule has 0 bridgehead atoms. The molecule has 0 fully saturated rings. The van der Waals surface area contributed by atoms with Crippen molar-refractivity contribution in [2.45, 2.75) is 45.2 Å². The molecule has 1 aliphatic rings. The molecule has 2 atom stereocenters. The zero-order valence-electron chi connectivity index (χ0n) is 14.1. The Kier molecular flexibility index (Phi) is 5.80. The van der Waals surface area contributed by atoms with E-state index >= 15 is 0 Å². The third-order valence-electron chi connectivity index (χ3n) is 3.88. The predicted octanol–water partition coefficient (Wildman–Crippen LogP) is 4.26. The molecule has 0 aromatic heterocycles. The number of rotatable bonds is 4. The smallest absolute Gasteiger partial charge is 0.438 e. The third-order valence-corrected chi connectivity index (χ3v) is 4.41. The fourth-order valence-corrected chi connectivity index (χ4v) is 2.78. The zero-order valence-corrected chi connectivity index (χ0v) is 15.7. The van der Waals surface area contributed by atoms with Gasteiger partial charge in [-0.2, -0.15) is 23.3 Å². The van der Waals surface area contributed by atoms with Gasteiger partial charge in [-0.15, -0.1) is 0 Å². The molecule has 0 unspecified atom stereocenters. The van der Waals surface area contributed by atoms with Gasteiger partial charge in [0, 0.05) is 17.2 Å². The summed E-state index contributed by atoms with van der Waals surface area (Å²) in [6, 6.07) is 4.21. The normalized spacial score (nSPS) is 21.8. The first-order valence-corrected chi connectivity index (χ1v) is 8.44. The predicted molar refractivity (Wildman–Crippen MR) is 91.3 cm³/mol. The van der Waals surface area contributed by atoms with E-state index < -0.39 is 30.3 Å². The van der Waals surface area contributed by atoms with Crippen LogP contribution in [0.1, 0.15) is 27.2 Å².